The van der Waals surface area contributed by atoms with Gasteiger partial charge in [0.05, 0.1) is 25.5 Å². The summed E-state index contributed by atoms with van der Waals surface area (Å²) in [5, 5.41) is 5.16. The molecule has 1 aliphatic rings. The van der Waals surface area contributed by atoms with Crippen molar-refractivity contribution in [2.75, 3.05) is 14.2 Å². The van der Waals surface area contributed by atoms with Gasteiger partial charge in [-0.05, 0) is 35.7 Å². The predicted molar refractivity (Wildman–Crippen MR) is 129 cm³/mol. The van der Waals surface area contributed by atoms with Crippen LogP contribution in [-0.4, -0.2) is 39.6 Å². The van der Waals surface area contributed by atoms with E-state index in [4.69, 9.17) is 14.5 Å². The number of ketones is 1. The molecule has 4 aromatic rings. The van der Waals surface area contributed by atoms with Crippen molar-refractivity contribution in [3.8, 4) is 11.5 Å². The molecular weight excluding hydrogens is 504 g/mol. The molecule has 5 rings (SSSR count). The first-order chi connectivity index (χ1) is 16.0. The standard InChI is InChI=1S/C24H21BrN4O3S/c1-31-17-7-8-18(22(11-17)32-2)15-9-20-19(21(30)10-15)12-29-23(26-20)27-24(28-29)33-13-14-3-5-16(25)6-4-14/h3-8,11-12,15H,9-10,13H2,1-2H3. The zero-order valence-corrected chi connectivity index (χ0v) is 20.5. The summed E-state index contributed by atoms with van der Waals surface area (Å²) in [6, 6.07) is 13.9. The van der Waals surface area contributed by atoms with Crippen molar-refractivity contribution in [2.45, 2.75) is 29.7 Å². The van der Waals surface area contributed by atoms with Crippen molar-refractivity contribution in [1.29, 1.82) is 0 Å². The quantitative estimate of drug-likeness (QED) is 0.324. The van der Waals surface area contributed by atoms with Gasteiger partial charge >= 0.3 is 0 Å². The molecule has 2 aromatic carbocycles. The molecule has 1 aliphatic carbocycles. The highest BCUT2D eigenvalue weighted by Crippen LogP contribution is 2.38. The fourth-order valence-corrected chi connectivity index (χ4v) is 5.07. The van der Waals surface area contributed by atoms with Crippen LogP contribution in [0.5, 0.6) is 11.5 Å². The van der Waals surface area contributed by atoms with Crippen LogP contribution in [0.15, 0.2) is 58.3 Å². The summed E-state index contributed by atoms with van der Waals surface area (Å²) in [6.07, 6.45) is 2.79. The molecule has 33 heavy (non-hydrogen) atoms. The van der Waals surface area contributed by atoms with E-state index in [1.807, 2.05) is 30.3 Å². The van der Waals surface area contributed by atoms with Crippen molar-refractivity contribution in [2.24, 2.45) is 0 Å². The summed E-state index contributed by atoms with van der Waals surface area (Å²) >= 11 is 4.99. The summed E-state index contributed by atoms with van der Waals surface area (Å²) in [5.74, 6) is 2.72. The van der Waals surface area contributed by atoms with Crippen molar-refractivity contribution in [1.82, 2.24) is 19.6 Å². The van der Waals surface area contributed by atoms with Crippen molar-refractivity contribution < 1.29 is 14.3 Å². The lowest BCUT2D eigenvalue weighted by Gasteiger charge is -2.24. The van der Waals surface area contributed by atoms with Gasteiger partial charge in [-0.15, -0.1) is 5.10 Å². The van der Waals surface area contributed by atoms with Crippen LogP contribution in [0.4, 0.5) is 0 Å². The van der Waals surface area contributed by atoms with Gasteiger partial charge in [-0.1, -0.05) is 45.9 Å². The molecule has 168 valence electrons. The Morgan fingerprint density at radius 2 is 1.91 bits per heavy atom. The number of carbonyl (C=O) groups excluding carboxylic acids is 1. The minimum absolute atomic E-state index is 0.0185. The van der Waals surface area contributed by atoms with E-state index >= 15 is 0 Å². The molecule has 0 fully saturated rings. The first kappa shape index (κ1) is 21.9. The van der Waals surface area contributed by atoms with Crippen LogP contribution >= 0.6 is 27.7 Å². The van der Waals surface area contributed by atoms with Gasteiger partial charge in [0.15, 0.2) is 5.78 Å². The van der Waals surface area contributed by atoms with Gasteiger partial charge in [-0.3, -0.25) is 4.79 Å². The number of benzene rings is 2. The molecule has 0 aliphatic heterocycles. The number of hydrogen-bond acceptors (Lipinski definition) is 7. The number of hydrogen-bond donors (Lipinski definition) is 0. The van der Waals surface area contributed by atoms with Crippen LogP contribution in [0, 0.1) is 0 Å². The highest BCUT2D eigenvalue weighted by atomic mass is 79.9. The number of fused-ring (bicyclic) bond motifs is 2. The second-order valence-corrected chi connectivity index (χ2v) is 9.65. The van der Waals surface area contributed by atoms with Gasteiger partial charge in [-0.25, -0.2) is 9.50 Å². The lowest BCUT2D eigenvalue weighted by atomic mass is 9.82. The Morgan fingerprint density at radius 1 is 1.09 bits per heavy atom. The topological polar surface area (TPSA) is 78.6 Å². The molecule has 9 heteroatoms. The van der Waals surface area contributed by atoms with E-state index in [1.54, 1.807) is 36.7 Å². The van der Waals surface area contributed by atoms with Crippen molar-refractivity contribution in [3.05, 3.63) is 75.5 Å². The van der Waals surface area contributed by atoms with Crippen molar-refractivity contribution in [3.63, 3.8) is 0 Å². The average molecular weight is 525 g/mol. The third-order valence-corrected chi connectivity index (χ3v) is 7.16. The number of methoxy groups -OCH3 is 2. The number of rotatable bonds is 6. The Labute approximate surface area is 203 Å². The Bertz CT molecular complexity index is 1340. The van der Waals surface area contributed by atoms with Gasteiger partial charge in [0.2, 0.25) is 5.16 Å². The van der Waals surface area contributed by atoms with Crippen LogP contribution in [0.2, 0.25) is 0 Å². The zero-order chi connectivity index (χ0) is 22.9. The Kier molecular flexibility index (Phi) is 6.07. The molecule has 0 spiro atoms. The van der Waals surface area contributed by atoms with Gasteiger partial charge in [0.25, 0.3) is 5.78 Å². The minimum Gasteiger partial charge on any atom is -0.497 e. The maximum absolute atomic E-state index is 13.0. The summed E-state index contributed by atoms with van der Waals surface area (Å²) in [6.45, 7) is 0. The summed E-state index contributed by atoms with van der Waals surface area (Å²) in [5.41, 5.74) is 3.52. The first-order valence-electron chi connectivity index (χ1n) is 10.4. The fraction of sp³-hybridized carbons (Fsp3) is 0.250. The molecule has 1 atom stereocenters. The molecule has 1 unspecified atom stereocenters. The smallest absolute Gasteiger partial charge is 0.253 e. The van der Waals surface area contributed by atoms with Crippen molar-refractivity contribution >= 4 is 39.3 Å². The SMILES string of the molecule is COc1ccc(C2CC(=O)c3cn4nc(SCc5ccc(Br)cc5)nc4nc3C2)c(OC)c1. The zero-order valence-electron chi connectivity index (χ0n) is 18.1. The number of thioether (sulfide) groups is 1. The number of ether oxygens (including phenoxy) is 2. The highest BCUT2D eigenvalue weighted by Gasteiger charge is 2.30. The molecular formula is C24H21BrN4O3S. The third kappa shape index (κ3) is 4.47. The van der Waals surface area contributed by atoms with Crippen LogP contribution in [0.25, 0.3) is 5.78 Å². The Hall–Kier alpha value is -2.91. The summed E-state index contributed by atoms with van der Waals surface area (Å²) in [4.78, 5) is 22.3. The number of aromatic nitrogens is 4. The molecule has 0 saturated carbocycles. The third-order valence-electron chi connectivity index (χ3n) is 5.72. The summed E-state index contributed by atoms with van der Waals surface area (Å²) in [7, 11) is 3.25. The Balaban J connectivity index is 1.40. The summed E-state index contributed by atoms with van der Waals surface area (Å²) < 4.78 is 13.5. The average Bonchev–Trinajstić information content (AvgIpc) is 3.23. The largest absolute Gasteiger partial charge is 0.497 e. The van der Waals surface area contributed by atoms with Gasteiger partial charge < -0.3 is 9.47 Å². The monoisotopic (exact) mass is 524 g/mol. The molecule has 0 amide bonds. The maximum atomic E-state index is 13.0. The number of nitrogens with zero attached hydrogens (tertiary/aromatic N) is 4. The Morgan fingerprint density at radius 3 is 2.67 bits per heavy atom. The first-order valence-corrected chi connectivity index (χ1v) is 12.2. The van der Waals surface area contributed by atoms with E-state index in [0.717, 1.165) is 27.2 Å². The lowest BCUT2D eigenvalue weighted by molar-refractivity contribution is 0.0962. The number of halogens is 1. The molecule has 0 saturated heterocycles. The van der Waals surface area contributed by atoms with Crippen LogP contribution in [-0.2, 0) is 12.2 Å². The minimum atomic E-state index is -0.0185. The van der Waals surface area contributed by atoms with Gasteiger partial charge in [0, 0.05) is 34.8 Å². The second-order valence-electron chi connectivity index (χ2n) is 7.79. The van der Waals surface area contributed by atoms with Gasteiger partial charge in [0.1, 0.15) is 11.5 Å². The molecule has 0 N–H and O–H groups in total. The molecule has 2 aromatic heterocycles. The van der Waals surface area contributed by atoms with E-state index in [0.29, 0.717) is 35.1 Å². The van der Waals surface area contributed by atoms with E-state index in [9.17, 15) is 4.79 Å². The normalized spacial score (nSPS) is 15.5. The number of Topliss-reactive ketones (excluding diaryl/α,β-unsaturated/α-hetero) is 1. The lowest BCUT2D eigenvalue weighted by Crippen LogP contribution is -2.21. The predicted octanol–water partition coefficient (Wildman–Crippen LogP) is 5.11. The van der Waals surface area contributed by atoms with E-state index in [1.165, 1.54) is 5.56 Å². The van der Waals surface area contributed by atoms with Crippen LogP contribution in [0.3, 0.4) is 0 Å². The fourth-order valence-electron chi connectivity index (χ4n) is 4.03. The second kappa shape index (κ2) is 9.15. The highest BCUT2D eigenvalue weighted by molar-refractivity contribution is 9.10. The van der Waals surface area contributed by atoms with Gasteiger partial charge in [-0.2, -0.15) is 4.98 Å². The van der Waals surface area contributed by atoms with E-state index < -0.39 is 0 Å². The van der Waals surface area contributed by atoms with Crippen LogP contribution < -0.4 is 9.47 Å². The molecule has 2 heterocycles. The van der Waals surface area contributed by atoms with E-state index in [2.05, 4.69) is 38.1 Å². The van der Waals surface area contributed by atoms with Crippen LogP contribution in [0.1, 0.15) is 39.5 Å². The maximum Gasteiger partial charge on any atom is 0.253 e. The van der Waals surface area contributed by atoms with E-state index in [-0.39, 0.29) is 11.7 Å². The molecule has 0 radical (unpaired) electrons. The number of carbonyl (C=O) groups is 1. The molecule has 7 nitrogen and oxygen atoms in total. The molecule has 0 bridgehead atoms.